The lowest BCUT2D eigenvalue weighted by Crippen LogP contribution is -2.11. The summed E-state index contributed by atoms with van der Waals surface area (Å²) in [5, 5.41) is 8.91. The van der Waals surface area contributed by atoms with Crippen molar-refractivity contribution in [1.29, 1.82) is 0 Å². The van der Waals surface area contributed by atoms with Gasteiger partial charge in [-0.3, -0.25) is 0 Å². The third-order valence-corrected chi connectivity index (χ3v) is 4.55. The molecule has 0 amide bonds. The van der Waals surface area contributed by atoms with Gasteiger partial charge in [-0.25, -0.2) is 4.39 Å². The highest BCUT2D eigenvalue weighted by Crippen LogP contribution is 2.31. The van der Waals surface area contributed by atoms with E-state index in [1.807, 2.05) is 6.92 Å². The van der Waals surface area contributed by atoms with Gasteiger partial charge in [0, 0.05) is 0 Å². The number of aliphatic hydroxyl groups excluding tert-OH is 1. The first-order chi connectivity index (χ1) is 10.1. The van der Waals surface area contributed by atoms with E-state index >= 15 is 0 Å². The lowest BCUT2D eigenvalue weighted by Gasteiger charge is -2.23. The van der Waals surface area contributed by atoms with Gasteiger partial charge < -0.3 is 5.11 Å². The molecule has 0 aliphatic carbocycles. The fourth-order valence-corrected chi connectivity index (χ4v) is 2.34. The molecule has 3 atom stereocenters. The van der Waals surface area contributed by atoms with E-state index in [0.717, 1.165) is 12.8 Å². The van der Waals surface area contributed by atoms with Gasteiger partial charge in [0.15, 0.2) is 11.7 Å². The molecule has 0 rings (SSSR count). The molecule has 0 aromatic rings. The zero-order valence-corrected chi connectivity index (χ0v) is 14.8. The van der Waals surface area contributed by atoms with Crippen LogP contribution in [-0.4, -0.2) is 5.11 Å². The highest BCUT2D eigenvalue weighted by atomic mass is 19.2. The maximum absolute atomic E-state index is 13.8. The summed E-state index contributed by atoms with van der Waals surface area (Å²) in [7, 11) is 0. The van der Waals surface area contributed by atoms with Crippen LogP contribution in [0.2, 0.25) is 0 Å². The van der Waals surface area contributed by atoms with Gasteiger partial charge in [0.05, 0.1) is 0 Å². The number of aliphatic hydroxyl groups is 1. The Morgan fingerprint density at radius 1 is 0.818 bits per heavy atom. The normalized spacial score (nSPS) is 16.9. The molecule has 22 heavy (non-hydrogen) atoms. The number of halogens is 2. The van der Waals surface area contributed by atoms with E-state index < -0.39 is 17.4 Å². The van der Waals surface area contributed by atoms with Crippen molar-refractivity contribution in [2.24, 2.45) is 23.7 Å². The first-order valence-electron chi connectivity index (χ1n) is 8.20. The van der Waals surface area contributed by atoms with E-state index in [4.69, 9.17) is 5.11 Å². The van der Waals surface area contributed by atoms with Gasteiger partial charge in [0.1, 0.15) is 5.76 Å². The number of hydrogen-bond donors (Lipinski definition) is 1. The van der Waals surface area contributed by atoms with Gasteiger partial charge in [-0.05, 0) is 42.1 Å². The quantitative estimate of drug-likeness (QED) is 0.344. The Morgan fingerprint density at radius 2 is 1.27 bits per heavy atom. The molecule has 1 nitrogen and oxygen atoms in total. The minimum atomic E-state index is -1.31. The number of rotatable bonds is 10. The van der Waals surface area contributed by atoms with E-state index in [2.05, 4.69) is 40.9 Å². The van der Waals surface area contributed by atoms with Crippen LogP contribution in [0.3, 0.4) is 0 Å². The lowest BCUT2D eigenvalue weighted by atomic mass is 9.83. The minimum absolute atomic E-state index is 0.0923. The standard InChI is InChI=1S/C19H32F2O/c1-12(2)8-9-13(3)14(4)10-11-15(5)16(6)18(20)19(21)17(7)22/h12-15,22H,6-11H2,1-5H3/b19-18-. The average Bonchev–Trinajstić information content (AvgIpc) is 2.46. The van der Waals surface area contributed by atoms with E-state index in [1.165, 1.54) is 12.8 Å². The molecule has 0 saturated carbocycles. The van der Waals surface area contributed by atoms with Crippen LogP contribution in [0.5, 0.6) is 0 Å². The molecule has 0 saturated heterocycles. The Balaban J connectivity index is 4.44. The largest absolute Gasteiger partial charge is 0.505 e. The summed E-state index contributed by atoms with van der Waals surface area (Å²) in [4.78, 5) is 0. The van der Waals surface area contributed by atoms with Gasteiger partial charge in [-0.2, -0.15) is 4.39 Å². The molecule has 0 heterocycles. The Bertz CT molecular complexity index is 410. The molecular weight excluding hydrogens is 282 g/mol. The lowest BCUT2D eigenvalue weighted by molar-refractivity contribution is 0.304. The van der Waals surface area contributed by atoms with Crippen LogP contribution in [0.25, 0.3) is 0 Å². The van der Waals surface area contributed by atoms with E-state index in [-0.39, 0.29) is 11.5 Å². The van der Waals surface area contributed by atoms with Crippen LogP contribution < -0.4 is 0 Å². The molecule has 3 unspecified atom stereocenters. The van der Waals surface area contributed by atoms with Gasteiger partial charge in [0.25, 0.3) is 0 Å². The number of allylic oxidation sites excluding steroid dienone is 3. The van der Waals surface area contributed by atoms with Crippen LogP contribution in [-0.2, 0) is 0 Å². The molecule has 0 aliphatic heterocycles. The molecule has 1 N–H and O–H groups in total. The topological polar surface area (TPSA) is 20.2 Å². The molecular formula is C19H32F2O. The second-order valence-electron chi connectivity index (χ2n) is 7.00. The SMILES string of the molecule is C=C(O)/C(F)=C(/F)C(=C)C(C)CCC(C)C(C)CCC(C)C. The third-order valence-electron chi connectivity index (χ3n) is 4.55. The van der Waals surface area contributed by atoms with Gasteiger partial charge in [0.2, 0.25) is 0 Å². The molecule has 0 aromatic heterocycles. The summed E-state index contributed by atoms with van der Waals surface area (Å²) in [6.07, 6.45) is 4.12. The Labute approximate surface area is 134 Å². The minimum Gasteiger partial charge on any atom is -0.505 e. The smallest absolute Gasteiger partial charge is 0.199 e. The third kappa shape index (κ3) is 7.24. The van der Waals surface area contributed by atoms with Crippen LogP contribution >= 0.6 is 0 Å². The first kappa shape index (κ1) is 20.9. The molecule has 0 spiro atoms. The maximum atomic E-state index is 13.8. The summed E-state index contributed by atoms with van der Waals surface area (Å²) >= 11 is 0. The second-order valence-corrected chi connectivity index (χ2v) is 7.00. The Morgan fingerprint density at radius 3 is 1.68 bits per heavy atom. The predicted octanol–water partition coefficient (Wildman–Crippen LogP) is 6.89. The van der Waals surface area contributed by atoms with E-state index in [1.54, 1.807) is 0 Å². The summed E-state index contributed by atoms with van der Waals surface area (Å²) in [5.41, 5.74) is 0.0923. The molecule has 0 radical (unpaired) electrons. The van der Waals surface area contributed by atoms with Gasteiger partial charge in [-0.1, -0.05) is 60.6 Å². The fourth-order valence-electron chi connectivity index (χ4n) is 2.34. The van der Waals surface area contributed by atoms with Crippen LogP contribution in [0.4, 0.5) is 8.78 Å². The van der Waals surface area contributed by atoms with Crippen molar-refractivity contribution in [3.8, 4) is 0 Å². The zero-order valence-electron chi connectivity index (χ0n) is 14.8. The van der Waals surface area contributed by atoms with Crippen molar-refractivity contribution >= 4 is 0 Å². The molecule has 0 aliphatic rings. The van der Waals surface area contributed by atoms with Crippen molar-refractivity contribution < 1.29 is 13.9 Å². The molecule has 3 heteroatoms. The summed E-state index contributed by atoms with van der Waals surface area (Å²) in [6, 6.07) is 0. The maximum Gasteiger partial charge on any atom is 0.199 e. The van der Waals surface area contributed by atoms with E-state index in [9.17, 15) is 8.78 Å². The van der Waals surface area contributed by atoms with Gasteiger partial charge >= 0.3 is 0 Å². The monoisotopic (exact) mass is 314 g/mol. The average molecular weight is 314 g/mol. The summed E-state index contributed by atoms with van der Waals surface area (Å²) < 4.78 is 27.1. The zero-order chi connectivity index (χ0) is 17.4. The summed E-state index contributed by atoms with van der Waals surface area (Å²) in [5.74, 6) is -1.57. The number of hydrogen-bond acceptors (Lipinski definition) is 1. The molecule has 0 bridgehead atoms. The van der Waals surface area contributed by atoms with Gasteiger partial charge in [-0.15, -0.1) is 0 Å². The van der Waals surface area contributed by atoms with Crippen molar-refractivity contribution in [2.75, 3.05) is 0 Å². The Kier molecular flexibility index (Phi) is 9.31. The second kappa shape index (κ2) is 9.81. The predicted molar refractivity (Wildman–Crippen MR) is 90.9 cm³/mol. The van der Waals surface area contributed by atoms with Crippen molar-refractivity contribution in [3.63, 3.8) is 0 Å². The van der Waals surface area contributed by atoms with Crippen molar-refractivity contribution in [1.82, 2.24) is 0 Å². The van der Waals surface area contributed by atoms with Crippen molar-refractivity contribution in [2.45, 2.75) is 60.3 Å². The van der Waals surface area contributed by atoms with Crippen LogP contribution in [0.15, 0.2) is 36.1 Å². The fraction of sp³-hybridized carbons (Fsp3) is 0.684. The molecule has 0 aromatic carbocycles. The molecule has 128 valence electrons. The van der Waals surface area contributed by atoms with Crippen molar-refractivity contribution in [3.05, 3.63) is 36.1 Å². The highest BCUT2D eigenvalue weighted by Gasteiger charge is 2.20. The highest BCUT2D eigenvalue weighted by molar-refractivity contribution is 5.32. The van der Waals surface area contributed by atoms with Crippen LogP contribution in [0, 0.1) is 23.7 Å². The van der Waals surface area contributed by atoms with Crippen LogP contribution in [0.1, 0.15) is 60.3 Å². The van der Waals surface area contributed by atoms with E-state index in [0.29, 0.717) is 17.8 Å². The Hall–Kier alpha value is -1.12. The molecule has 0 fully saturated rings. The summed E-state index contributed by atoms with van der Waals surface area (Å²) in [6.45, 7) is 17.4. The first-order valence-corrected chi connectivity index (χ1v) is 8.20.